The van der Waals surface area contributed by atoms with E-state index in [0.29, 0.717) is 0 Å². The molecular formula is C12H16O2. The molecule has 0 aliphatic heterocycles. The average Bonchev–Trinajstić information content (AvgIpc) is 2.37. The predicted molar refractivity (Wildman–Crippen MR) is 55.6 cm³/mol. The molecule has 1 aliphatic carbocycles. The summed E-state index contributed by atoms with van der Waals surface area (Å²) in [6.07, 6.45) is 3.67. The first-order valence-electron chi connectivity index (χ1n) is 5.13. The third kappa shape index (κ3) is 1.90. The second-order valence-corrected chi connectivity index (χ2v) is 3.88. The number of hydrogen-bond acceptors (Lipinski definition) is 2. The van der Waals surface area contributed by atoms with Gasteiger partial charge in [0.05, 0.1) is 13.2 Å². The maximum absolute atomic E-state index is 9.63. The Bertz CT molecular complexity index is 320. The van der Waals surface area contributed by atoms with Gasteiger partial charge in [-0.25, -0.2) is 0 Å². The fourth-order valence-corrected chi connectivity index (χ4v) is 2.05. The Morgan fingerprint density at radius 2 is 2.21 bits per heavy atom. The molecule has 2 rings (SSSR count). The Morgan fingerprint density at radius 3 is 3.00 bits per heavy atom. The second-order valence-electron chi connectivity index (χ2n) is 3.88. The van der Waals surface area contributed by atoms with Crippen LogP contribution in [-0.4, -0.2) is 18.3 Å². The van der Waals surface area contributed by atoms with E-state index in [2.05, 4.69) is 12.1 Å². The number of methoxy groups -OCH3 is 1. The van der Waals surface area contributed by atoms with Crippen molar-refractivity contribution in [2.75, 3.05) is 7.11 Å². The lowest BCUT2D eigenvalue weighted by Gasteiger charge is -2.09. The molecule has 0 heterocycles. The molecule has 0 saturated carbocycles. The van der Waals surface area contributed by atoms with Crippen LogP contribution in [0.4, 0.5) is 0 Å². The van der Waals surface area contributed by atoms with Crippen LogP contribution in [0, 0.1) is 0 Å². The van der Waals surface area contributed by atoms with Gasteiger partial charge in [-0.05, 0) is 48.9 Å². The van der Waals surface area contributed by atoms with Crippen molar-refractivity contribution < 1.29 is 9.84 Å². The Morgan fingerprint density at radius 1 is 1.36 bits per heavy atom. The summed E-state index contributed by atoms with van der Waals surface area (Å²) in [4.78, 5) is 0. The summed E-state index contributed by atoms with van der Waals surface area (Å²) in [6, 6.07) is 6.13. The Balaban J connectivity index is 2.31. The summed E-state index contributed by atoms with van der Waals surface area (Å²) in [5.41, 5.74) is 2.61. The number of aliphatic hydroxyl groups excluding tert-OH is 1. The van der Waals surface area contributed by atoms with Crippen molar-refractivity contribution in [3.05, 3.63) is 29.3 Å². The Kier molecular flexibility index (Phi) is 2.73. The topological polar surface area (TPSA) is 29.5 Å². The molecule has 0 fully saturated rings. The van der Waals surface area contributed by atoms with Gasteiger partial charge in [-0.3, -0.25) is 0 Å². The Labute approximate surface area is 84.5 Å². The SMILES string of the molecule is COc1ccc2c(c1)CCCC(O)C2. The van der Waals surface area contributed by atoms with Crippen molar-refractivity contribution in [1.29, 1.82) is 0 Å². The summed E-state index contributed by atoms with van der Waals surface area (Å²) < 4.78 is 5.19. The van der Waals surface area contributed by atoms with Crippen molar-refractivity contribution in [2.45, 2.75) is 31.8 Å². The molecule has 0 radical (unpaired) electrons. The normalized spacial score (nSPS) is 21.1. The lowest BCUT2D eigenvalue weighted by atomic mass is 10.0. The average molecular weight is 192 g/mol. The fraction of sp³-hybridized carbons (Fsp3) is 0.500. The van der Waals surface area contributed by atoms with E-state index in [1.54, 1.807) is 7.11 Å². The smallest absolute Gasteiger partial charge is 0.119 e. The lowest BCUT2D eigenvalue weighted by Crippen LogP contribution is -2.08. The van der Waals surface area contributed by atoms with E-state index < -0.39 is 0 Å². The Hall–Kier alpha value is -1.02. The number of ether oxygens (including phenoxy) is 1. The molecule has 2 heteroatoms. The quantitative estimate of drug-likeness (QED) is 0.689. The molecule has 0 spiro atoms. The van der Waals surface area contributed by atoms with Crippen molar-refractivity contribution >= 4 is 0 Å². The van der Waals surface area contributed by atoms with Crippen molar-refractivity contribution in [2.24, 2.45) is 0 Å². The third-order valence-corrected chi connectivity index (χ3v) is 2.85. The van der Waals surface area contributed by atoms with Crippen LogP contribution in [0.1, 0.15) is 24.0 Å². The molecule has 1 aliphatic rings. The summed E-state index contributed by atoms with van der Waals surface area (Å²) >= 11 is 0. The van der Waals surface area contributed by atoms with Gasteiger partial charge in [0.25, 0.3) is 0 Å². The van der Waals surface area contributed by atoms with Gasteiger partial charge < -0.3 is 9.84 Å². The minimum atomic E-state index is -0.162. The molecule has 0 saturated heterocycles. The van der Waals surface area contributed by atoms with Crippen LogP contribution in [0.25, 0.3) is 0 Å². The molecule has 1 unspecified atom stereocenters. The molecule has 0 bridgehead atoms. The van der Waals surface area contributed by atoms with E-state index in [1.807, 2.05) is 6.07 Å². The van der Waals surface area contributed by atoms with Crippen molar-refractivity contribution in [3.63, 3.8) is 0 Å². The molecular weight excluding hydrogens is 176 g/mol. The maximum atomic E-state index is 9.63. The predicted octanol–water partition coefficient (Wildman–Crippen LogP) is 1.93. The molecule has 1 aromatic carbocycles. The highest BCUT2D eigenvalue weighted by Crippen LogP contribution is 2.24. The van der Waals surface area contributed by atoms with Gasteiger partial charge in [-0.15, -0.1) is 0 Å². The third-order valence-electron chi connectivity index (χ3n) is 2.85. The van der Waals surface area contributed by atoms with Crippen LogP contribution < -0.4 is 4.74 Å². The highest BCUT2D eigenvalue weighted by atomic mass is 16.5. The summed E-state index contributed by atoms with van der Waals surface area (Å²) in [6.45, 7) is 0. The number of rotatable bonds is 1. The van der Waals surface area contributed by atoms with Gasteiger partial charge in [-0.2, -0.15) is 0 Å². The van der Waals surface area contributed by atoms with Gasteiger partial charge in [0.2, 0.25) is 0 Å². The molecule has 0 aromatic heterocycles. The van der Waals surface area contributed by atoms with E-state index in [-0.39, 0.29) is 6.10 Å². The van der Waals surface area contributed by atoms with E-state index in [1.165, 1.54) is 11.1 Å². The first-order chi connectivity index (χ1) is 6.79. The van der Waals surface area contributed by atoms with Crippen LogP contribution in [0.2, 0.25) is 0 Å². The van der Waals surface area contributed by atoms with Crippen LogP contribution in [0.15, 0.2) is 18.2 Å². The van der Waals surface area contributed by atoms with Crippen LogP contribution in [0.3, 0.4) is 0 Å². The molecule has 2 nitrogen and oxygen atoms in total. The molecule has 14 heavy (non-hydrogen) atoms. The standard InChI is InChI=1S/C12H16O2/c1-14-12-6-5-10-7-11(13)4-2-3-9(10)8-12/h5-6,8,11,13H,2-4,7H2,1H3. The molecule has 0 amide bonds. The minimum absolute atomic E-state index is 0.162. The minimum Gasteiger partial charge on any atom is -0.497 e. The summed E-state index contributed by atoms with van der Waals surface area (Å²) in [5.74, 6) is 0.917. The van der Waals surface area contributed by atoms with E-state index >= 15 is 0 Å². The van der Waals surface area contributed by atoms with E-state index in [9.17, 15) is 5.11 Å². The van der Waals surface area contributed by atoms with Gasteiger partial charge in [0.15, 0.2) is 0 Å². The van der Waals surface area contributed by atoms with Crippen molar-refractivity contribution in [3.8, 4) is 5.75 Å². The van der Waals surface area contributed by atoms with Gasteiger partial charge in [0, 0.05) is 0 Å². The second kappa shape index (κ2) is 4.01. The number of hydrogen-bond donors (Lipinski definition) is 1. The van der Waals surface area contributed by atoms with Gasteiger partial charge in [-0.1, -0.05) is 6.07 Å². The molecule has 1 atom stereocenters. The molecule has 76 valence electrons. The maximum Gasteiger partial charge on any atom is 0.119 e. The zero-order chi connectivity index (χ0) is 9.97. The van der Waals surface area contributed by atoms with Crippen molar-refractivity contribution in [1.82, 2.24) is 0 Å². The monoisotopic (exact) mass is 192 g/mol. The summed E-state index contributed by atoms with van der Waals surface area (Å²) in [7, 11) is 1.69. The lowest BCUT2D eigenvalue weighted by molar-refractivity contribution is 0.165. The largest absolute Gasteiger partial charge is 0.497 e. The number of aryl methyl sites for hydroxylation is 1. The van der Waals surface area contributed by atoms with E-state index in [4.69, 9.17) is 4.74 Å². The van der Waals surface area contributed by atoms with E-state index in [0.717, 1.165) is 31.4 Å². The number of benzene rings is 1. The molecule has 1 N–H and O–H groups in total. The first kappa shape index (κ1) is 9.53. The number of fused-ring (bicyclic) bond motifs is 1. The fourth-order valence-electron chi connectivity index (χ4n) is 2.05. The van der Waals surface area contributed by atoms with Crippen LogP contribution in [-0.2, 0) is 12.8 Å². The highest BCUT2D eigenvalue weighted by Gasteiger charge is 2.14. The van der Waals surface area contributed by atoms with Gasteiger partial charge in [0.1, 0.15) is 5.75 Å². The first-order valence-corrected chi connectivity index (χ1v) is 5.13. The van der Waals surface area contributed by atoms with Crippen LogP contribution >= 0.6 is 0 Å². The zero-order valence-electron chi connectivity index (χ0n) is 8.49. The highest BCUT2D eigenvalue weighted by molar-refractivity contribution is 5.36. The van der Waals surface area contributed by atoms with Gasteiger partial charge >= 0.3 is 0 Å². The summed E-state index contributed by atoms with van der Waals surface area (Å²) in [5, 5.41) is 9.63. The molecule has 1 aromatic rings. The van der Waals surface area contributed by atoms with Crippen LogP contribution in [0.5, 0.6) is 5.75 Å². The number of aliphatic hydroxyl groups is 1. The zero-order valence-corrected chi connectivity index (χ0v) is 8.49.